The molecule has 0 fully saturated rings. The number of carbonyl (C=O) groups excluding carboxylic acids is 1. The number of amides is 1. The van der Waals surface area contributed by atoms with Gasteiger partial charge in [-0.25, -0.2) is 4.98 Å². The monoisotopic (exact) mass is 362 g/mol. The predicted octanol–water partition coefficient (Wildman–Crippen LogP) is 3.55. The standard InChI is InChI=1S/C21H22N4O2/c1-14-6-4-8-17(10-14)23-19(26)13-25-20(27)12-16(3)22-21(25)24-18-9-5-7-15(2)11-18/h4-12H,13H2,1-3H3,(H,22,24)(H,23,26). The van der Waals surface area contributed by atoms with Crippen molar-refractivity contribution in [3.05, 3.63) is 81.8 Å². The molecular formula is C21H22N4O2. The molecule has 27 heavy (non-hydrogen) atoms. The fraction of sp³-hybridized carbons (Fsp3) is 0.190. The molecule has 1 aromatic heterocycles. The molecule has 3 rings (SSSR count). The number of benzene rings is 2. The maximum absolute atomic E-state index is 12.5. The number of aromatic nitrogens is 2. The van der Waals surface area contributed by atoms with Gasteiger partial charge in [0.1, 0.15) is 6.54 Å². The van der Waals surface area contributed by atoms with Crippen LogP contribution in [0.5, 0.6) is 0 Å². The van der Waals surface area contributed by atoms with Gasteiger partial charge in [-0.3, -0.25) is 14.2 Å². The van der Waals surface area contributed by atoms with Gasteiger partial charge in [-0.15, -0.1) is 0 Å². The predicted molar refractivity (Wildman–Crippen MR) is 108 cm³/mol. The van der Waals surface area contributed by atoms with Crippen LogP contribution in [0.3, 0.4) is 0 Å². The molecule has 0 saturated carbocycles. The molecule has 0 spiro atoms. The molecule has 6 nitrogen and oxygen atoms in total. The number of rotatable bonds is 5. The number of aryl methyl sites for hydroxylation is 3. The fourth-order valence-electron chi connectivity index (χ4n) is 2.79. The van der Waals surface area contributed by atoms with Gasteiger partial charge in [-0.05, 0) is 56.2 Å². The Balaban J connectivity index is 1.85. The summed E-state index contributed by atoms with van der Waals surface area (Å²) in [6.45, 7) is 5.55. The smallest absolute Gasteiger partial charge is 0.255 e. The minimum absolute atomic E-state index is 0.131. The lowest BCUT2D eigenvalue weighted by molar-refractivity contribution is -0.116. The second-order valence-corrected chi connectivity index (χ2v) is 6.56. The number of nitrogens with one attached hydrogen (secondary N) is 2. The highest BCUT2D eigenvalue weighted by molar-refractivity contribution is 5.90. The second kappa shape index (κ2) is 7.86. The molecule has 0 atom stereocenters. The third kappa shape index (κ3) is 4.82. The molecule has 1 amide bonds. The van der Waals surface area contributed by atoms with E-state index in [9.17, 15) is 9.59 Å². The average Bonchev–Trinajstić information content (AvgIpc) is 2.58. The third-order valence-electron chi connectivity index (χ3n) is 4.01. The highest BCUT2D eigenvalue weighted by Gasteiger charge is 2.12. The Morgan fingerprint density at radius 1 is 0.963 bits per heavy atom. The Kier molecular flexibility index (Phi) is 5.35. The van der Waals surface area contributed by atoms with Gasteiger partial charge in [-0.2, -0.15) is 0 Å². The highest BCUT2D eigenvalue weighted by atomic mass is 16.2. The van der Waals surface area contributed by atoms with Gasteiger partial charge in [0.25, 0.3) is 5.56 Å². The van der Waals surface area contributed by atoms with Gasteiger partial charge in [-0.1, -0.05) is 24.3 Å². The van der Waals surface area contributed by atoms with E-state index >= 15 is 0 Å². The Hall–Kier alpha value is -3.41. The number of nitrogens with zero attached hydrogens (tertiary/aromatic N) is 2. The van der Waals surface area contributed by atoms with E-state index in [2.05, 4.69) is 15.6 Å². The van der Waals surface area contributed by atoms with E-state index in [4.69, 9.17) is 0 Å². The van der Waals surface area contributed by atoms with Crippen LogP contribution in [0, 0.1) is 20.8 Å². The van der Waals surface area contributed by atoms with Crippen molar-refractivity contribution in [2.75, 3.05) is 10.6 Å². The largest absolute Gasteiger partial charge is 0.326 e. The number of carbonyl (C=O) groups is 1. The molecule has 0 aliphatic carbocycles. The molecule has 6 heteroatoms. The SMILES string of the molecule is Cc1cccc(NC(=O)Cn2c(Nc3cccc(C)c3)nc(C)cc2=O)c1. The van der Waals surface area contributed by atoms with E-state index < -0.39 is 0 Å². The maximum atomic E-state index is 12.5. The van der Waals surface area contributed by atoms with Gasteiger partial charge in [0.2, 0.25) is 11.9 Å². The van der Waals surface area contributed by atoms with Gasteiger partial charge in [0.15, 0.2) is 0 Å². The van der Waals surface area contributed by atoms with Crippen molar-refractivity contribution in [1.82, 2.24) is 9.55 Å². The molecule has 0 saturated heterocycles. The Morgan fingerprint density at radius 2 is 1.59 bits per heavy atom. The van der Waals surface area contributed by atoms with Crippen LogP contribution in [-0.2, 0) is 11.3 Å². The first kappa shape index (κ1) is 18.4. The summed E-state index contributed by atoms with van der Waals surface area (Å²) < 4.78 is 1.33. The second-order valence-electron chi connectivity index (χ2n) is 6.56. The van der Waals surface area contributed by atoms with Gasteiger partial charge < -0.3 is 10.6 Å². The fourth-order valence-corrected chi connectivity index (χ4v) is 2.79. The van der Waals surface area contributed by atoms with Crippen LogP contribution in [0.25, 0.3) is 0 Å². The lowest BCUT2D eigenvalue weighted by Crippen LogP contribution is -2.30. The van der Waals surface area contributed by atoms with Crippen molar-refractivity contribution in [3.8, 4) is 0 Å². The zero-order valence-corrected chi connectivity index (χ0v) is 15.6. The first-order valence-corrected chi connectivity index (χ1v) is 8.69. The van der Waals surface area contributed by atoms with Crippen molar-refractivity contribution in [1.29, 1.82) is 0 Å². The number of anilines is 3. The summed E-state index contributed by atoms with van der Waals surface area (Å²) in [4.78, 5) is 29.3. The summed E-state index contributed by atoms with van der Waals surface area (Å²) in [5.74, 6) is 0.0469. The van der Waals surface area contributed by atoms with Crippen LogP contribution >= 0.6 is 0 Å². The number of hydrogen-bond acceptors (Lipinski definition) is 4. The van der Waals surface area contributed by atoms with Crippen LogP contribution in [0.1, 0.15) is 16.8 Å². The summed E-state index contributed by atoms with van der Waals surface area (Å²) >= 11 is 0. The lowest BCUT2D eigenvalue weighted by atomic mass is 10.2. The van der Waals surface area contributed by atoms with E-state index in [1.807, 2.05) is 62.4 Å². The zero-order valence-electron chi connectivity index (χ0n) is 15.6. The molecular weight excluding hydrogens is 340 g/mol. The minimum Gasteiger partial charge on any atom is -0.326 e. The first-order valence-electron chi connectivity index (χ1n) is 8.69. The third-order valence-corrected chi connectivity index (χ3v) is 4.01. The summed E-state index contributed by atoms with van der Waals surface area (Å²) in [6, 6.07) is 16.7. The molecule has 0 aliphatic rings. The van der Waals surface area contributed by atoms with Crippen LogP contribution < -0.4 is 16.2 Å². The van der Waals surface area contributed by atoms with Crippen LogP contribution in [0.4, 0.5) is 17.3 Å². The normalized spacial score (nSPS) is 10.5. The van der Waals surface area contributed by atoms with Crippen molar-refractivity contribution in [3.63, 3.8) is 0 Å². The Morgan fingerprint density at radius 3 is 2.26 bits per heavy atom. The van der Waals surface area contributed by atoms with E-state index in [0.29, 0.717) is 17.3 Å². The Bertz CT molecular complexity index is 1040. The zero-order chi connectivity index (χ0) is 19.4. The minimum atomic E-state index is -0.291. The van der Waals surface area contributed by atoms with E-state index in [1.54, 1.807) is 6.92 Å². The highest BCUT2D eigenvalue weighted by Crippen LogP contribution is 2.16. The lowest BCUT2D eigenvalue weighted by Gasteiger charge is -2.14. The molecule has 0 bridgehead atoms. The van der Waals surface area contributed by atoms with Gasteiger partial charge in [0.05, 0.1) is 0 Å². The van der Waals surface area contributed by atoms with E-state index in [-0.39, 0.29) is 18.0 Å². The quantitative estimate of drug-likeness (QED) is 0.728. The van der Waals surface area contributed by atoms with Crippen molar-refractivity contribution >= 4 is 23.2 Å². The van der Waals surface area contributed by atoms with Crippen molar-refractivity contribution < 1.29 is 4.79 Å². The summed E-state index contributed by atoms with van der Waals surface area (Å²) in [5.41, 5.74) is 3.94. The molecule has 2 aromatic carbocycles. The molecule has 0 radical (unpaired) electrons. The average molecular weight is 362 g/mol. The maximum Gasteiger partial charge on any atom is 0.255 e. The summed E-state index contributed by atoms with van der Waals surface area (Å²) in [5, 5.41) is 5.96. The Labute approximate surface area is 157 Å². The van der Waals surface area contributed by atoms with Crippen LogP contribution in [0.2, 0.25) is 0 Å². The van der Waals surface area contributed by atoms with Gasteiger partial charge in [0, 0.05) is 23.1 Å². The van der Waals surface area contributed by atoms with E-state index in [1.165, 1.54) is 10.6 Å². The number of hydrogen-bond donors (Lipinski definition) is 2. The van der Waals surface area contributed by atoms with Crippen molar-refractivity contribution in [2.24, 2.45) is 0 Å². The van der Waals surface area contributed by atoms with Crippen LogP contribution in [-0.4, -0.2) is 15.5 Å². The topological polar surface area (TPSA) is 76.0 Å². The van der Waals surface area contributed by atoms with E-state index in [0.717, 1.165) is 16.8 Å². The summed E-state index contributed by atoms with van der Waals surface area (Å²) in [7, 11) is 0. The first-order chi connectivity index (χ1) is 12.9. The molecule has 138 valence electrons. The molecule has 3 aromatic rings. The van der Waals surface area contributed by atoms with Crippen LogP contribution in [0.15, 0.2) is 59.4 Å². The summed E-state index contributed by atoms with van der Waals surface area (Å²) in [6.07, 6.45) is 0. The molecule has 2 N–H and O–H groups in total. The van der Waals surface area contributed by atoms with Crippen molar-refractivity contribution in [2.45, 2.75) is 27.3 Å². The molecule has 1 heterocycles. The van der Waals surface area contributed by atoms with Gasteiger partial charge >= 0.3 is 0 Å². The molecule has 0 unspecified atom stereocenters. The molecule has 0 aliphatic heterocycles.